The van der Waals surface area contributed by atoms with Crippen LogP contribution in [0.3, 0.4) is 0 Å². The number of amides is 1. The molecule has 0 aliphatic carbocycles. The van der Waals surface area contributed by atoms with Crippen molar-refractivity contribution in [3.63, 3.8) is 0 Å². The van der Waals surface area contributed by atoms with E-state index in [0.717, 1.165) is 0 Å². The summed E-state index contributed by atoms with van der Waals surface area (Å²) < 4.78 is 0. The maximum absolute atomic E-state index is 11.6. The van der Waals surface area contributed by atoms with Gasteiger partial charge in [0.1, 0.15) is 5.69 Å². The normalized spacial score (nSPS) is 20.2. The molecule has 1 saturated heterocycles. The highest BCUT2D eigenvalue weighted by molar-refractivity contribution is 6.24. The van der Waals surface area contributed by atoms with Crippen molar-refractivity contribution in [3.8, 4) is 0 Å². The zero-order valence-corrected chi connectivity index (χ0v) is 9.05. The SMILES string of the molecule is O=C1CC(Cl)CN1c1ccccc1[N+](=O)[O-]. The van der Waals surface area contributed by atoms with Crippen LogP contribution in [-0.4, -0.2) is 22.8 Å². The second-order valence-electron chi connectivity index (χ2n) is 3.55. The summed E-state index contributed by atoms with van der Waals surface area (Å²) in [5, 5.41) is 10.5. The van der Waals surface area contributed by atoms with Crippen LogP contribution in [-0.2, 0) is 4.79 Å². The number of rotatable bonds is 2. The molecule has 0 N–H and O–H groups in total. The molecule has 6 heteroatoms. The fourth-order valence-corrected chi connectivity index (χ4v) is 2.01. The molecule has 16 heavy (non-hydrogen) atoms. The Morgan fingerprint density at radius 2 is 2.12 bits per heavy atom. The predicted octanol–water partition coefficient (Wildman–Crippen LogP) is 1.94. The van der Waals surface area contributed by atoms with E-state index in [9.17, 15) is 14.9 Å². The molecular formula is C10H9ClN2O3. The first kappa shape index (κ1) is 10.9. The Hall–Kier alpha value is -1.62. The number of halogens is 1. The van der Waals surface area contributed by atoms with Gasteiger partial charge in [-0.2, -0.15) is 0 Å². The van der Waals surface area contributed by atoms with Crippen molar-refractivity contribution in [2.75, 3.05) is 11.4 Å². The van der Waals surface area contributed by atoms with Gasteiger partial charge in [0.2, 0.25) is 5.91 Å². The molecule has 1 aliphatic rings. The number of nitrogens with zero attached hydrogens (tertiary/aromatic N) is 2. The molecule has 1 atom stereocenters. The third kappa shape index (κ3) is 1.86. The average Bonchev–Trinajstić information content (AvgIpc) is 2.57. The summed E-state index contributed by atoms with van der Waals surface area (Å²) >= 11 is 5.85. The first-order valence-electron chi connectivity index (χ1n) is 4.77. The monoisotopic (exact) mass is 240 g/mol. The Kier molecular flexibility index (Phi) is 2.78. The Morgan fingerprint density at radius 3 is 2.69 bits per heavy atom. The summed E-state index contributed by atoms with van der Waals surface area (Å²) in [7, 11) is 0. The summed E-state index contributed by atoms with van der Waals surface area (Å²) in [4.78, 5) is 23.3. The Morgan fingerprint density at radius 1 is 1.44 bits per heavy atom. The summed E-state index contributed by atoms with van der Waals surface area (Å²) in [6.45, 7) is 0.325. The van der Waals surface area contributed by atoms with Gasteiger partial charge in [-0.3, -0.25) is 14.9 Å². The van der Waals surface area contributed by atoms with Gasteiger partial charge in [-0.15, -0.1) is 11.6 Å². The predicted molar refractivity (Wildman–Crippen MR) is 59.7 cm³/mol. The molecule has 0 bridgehead atoms. The molecule has 0 saturated carbocycles. The minimum absolute atomic E-state index is 0.0679. The quantitative estimate of drug-likeness (QED) is 0.451. The molecule has 84 valence electrons. The van der Waals surface area contributed by atoms with Crippen LogP contribution in [0.1, 0.15) is 6.42 Å². The Balaban J connectivity index is 2.40. The lowest BCUT2D eigenvalue weighted by molar-refractivity contribution is -0.384. The van der Waals surface area contributed by atoms with Gasteiger partial charge in [-0.05, 0) is 6.07 Å². The lowest BCUT2D eigenvalue weighted by atomic mass is 10.2. The van der Waals surface area contributed by atoms with E-state index in [1.165, 1.54) is 11.0 Å². The molecule has 0 aromatic heterocycles. The fraction of sp³-hybridized carbons (Fsp3) is 0.300. The number of alkyl halides is 1. The Bertz CT molecular complexity index is 449. The molecule has 1 aliphatic heterocycles. The number of nitro groups is 1. The summed E-state index contributed by atoms with van der Waals surface area (Å²) in [5.74, 6) is -0.172. The molecule has 2 rings (SSSR count). The number of carbonyl (C=O) groups is 1. The second-order valence-corrected chi connectivity index (χ2v) is 4.17. The van der Waals surface area contributed by atoms with E-state index in [1.807, 2.05) is 0 Å². The molecule has 0 spiro atoms. The fourth-order valence-electron chi connectivity index (χ4n) is 1.74. The highest BCUT2D eigenvalue weighted by Crippen LogP contribution is 2.31. The zero-order valence-electron chi connectivity index (χ0n) is 8.30. The molecule has 1 aromatic rings. The van der Waals surface area contributed by atoms with Crippen LogP contribution in [0.25, 0.3) is 0 Å². The number of carbonyl (C=O) groups excluding carboxylic acids is 1. The van der Waals surface area contributed by atoms with E-state index in [-0.39, 0.29) is 23.4 Å². The number of benzene rings is 1. The molecule has 1 aromatic carbocycles. The van der Waals surface area contributed by atoms with Gasteiger partial charge in [0, 0.05) is 19.0 Å². The van der Waals surface area contributed by atoms with E-state index >= 15 is 0 Å². The smallest absolute Gasteiger partial charge is 0.292 e. The van der Waals surface area contributed by atoms with Crippen LogP contribution in [0.4, 0.5) is 11.4 Å². The van der Waals surface area contributed by atoms with E-state index in [4.69, 9.17) is 11.6 Å². The third-order valence-corrected chi connectivity index (χ3v) is 2.74. The highest BCUT2D eigenvalue weighted by Gasteiger charge is 2.32. The molecular weight excluding hydrogens is 232 g/mol. The topological polar surface area (TPSA) is 63.5 Å². The zero-order chi connectivity index (χ0) is 11.7. The van der Waals surface area contributed by atoms with Gasteiger partial charge in [0.15, 0.2) is 0 Å². The molecule has 1 amide bonds. The van der Waals surface area contributed by atoms with Crippen molar-refractivity contribution in [2.24, 2.45) is 0 Å². The van der Waals surface area contributed by atoms with Crippen LogP contribution in [0.5, 0.6) is 0 Å². The van der Waals surface area contributed by atoms with Crippen molar-refractivity contribution >= 4 is 28.9 Å². The van der Waals surface area contributed by atoms with Crippen molar-refractivity contribution in [1.82, 2.24) is 0 Å². The maximum Gasteiger partial charge on any atom is 0.292 e. The number of anilines is 1. The van der Waals surface area contributed by atoms with Crippen molar-refractivity contribution < 1.29 is 9.72 Å². The largest absolute Gasteiger partial charge is 0.305 e. The lowest BCUT2D eigenvalue weighted by Crippen LogP contribution is -2.25. The number of para-hydroxylation sites is 2. The first-order valence-corrected chi connectivity index (χ1v) is 5.21. The number of hydrogen-bond acceptors (Lipinski definition) is 3. The minimum atomic E-state index is -0.496. The summed E-state index contributed by atoms with van der Waals surface area (Å²) in [6.07, 6.45) is 0.230. The van der Waals surface area contributed by atoms with Gasteiger partial charge in [-0.25, -0.2) is 0 Å². The minimum Gasteiger partial charge on any atom is -0.305 e. The van der Waals surface area contributed by atoms with E-state index in [0.29, 0.717) is 12.2 Å². The van der Waals surface area contributed by atoms with Crippen LogP contribution < -0.4 is 4.90 Å². The summed E-state index contributed by atoms with van der Waals surface area (Å²) in [6, 6.07) is 6.17. The van der Waals surface area contributed by atoms with Crippen LogP contribution in [0.15, 0.2) is 24.3 Å². The molecule has 1 unspecified atom stereocenters. The van der Waals surface area contributed by atoms with E-state index < -0.39 is 4.92 Å². The van der Waals surface area contributed by atoms with Crippen LogP contribution in [0, 0.1) is 10.1 Å². The van der Waals surface area contributed by atoms with Crippen molar-refractivity contribution in [2.45, 2.75) is 11.8 Å². The average molecular weight is 241 g/mol. The summed E-state index contributed by atoms with van der Waals surface area (Å²) in [5.41, 5.74) is 0.252. The third-order valence-electron chi connectivity index (χ3n) is 2.45. The van der Waals surface area contributed by atoms with Crippen LogP contribution in [0.2, 0.25) is 0 Å². The van der Waals surface area contributed by atoms with Gasteiger partial charge in [0.25, 0.3) is 5.69 Å². The number of hydrogen-bond donors (Lipinski definition) is 0. The maximum atomic E-state index is 11.6. The lowest BCUT2D eigenvalue weighted by Gasteiger charge is -2.15. The van der Waals surface area contributed by atoms with E-state index in [1.54, 1.807) is 18.2 Å². The molecule has 5 nitrogen and oxygen atoms in total. The van der Waals surface area contributed by atoms with Crippen LogP contribution >= 0.6 is 11.6 Å². The van der Waals surface area contributed by atoms with Crippen molar-refractivity contribution in [1.29, 1.82) is 0 Å². The van der Waals surface area contributed by atoms with Gasteiger partial charge in [-0.1, -0.05) is 12.1 Å². The van der Waals surface area contributed by atoms with E-state index in [2.05, 4.69) is 0 Å². The second kappa shape index (κ2) is 4.09. The highest BCUT2D eigenvalue weighted by atomic mass is 35.5. The number of nitro benzene ring substituents is 1. The molecule has 0 radical (unpaired) electrons. The van der Waals surface area contributed by atoms with Gasteiger partial charge < -0.3 is 4.90 Å². The van der Waals surface area contributed by atoms with Gasteiger partial charge >= 0.3 is 0 Å². The molecule has 1 fully saturated rings. The standard InChI is InChI=1S/C10H9ClN2O3/c11-7-5-10(14)12(6-7)8-3-1-2-4-9(8)13(15)16/h1-4,7H,5-6H2. The molecule has 1 heterocycles. The van der Waals surface area contributed by atoms with Gasteiger partial charge in [0.05, 0.1) is 10.3 Å². The van der Waals surface area contributed by atoms with Crippen molar-refractivity contribution in [3.05, 3.63) is 34.4 Å². The Labute approximate surface area is 96.8 Å². The first-order chi connectivity index (χ1) is 7.59.